The van der Waals surface area contributed by atoms with Gasteiger partial charge >= 0.3 is 0 Å². The Kier molecular flexibility index (Phi) is 2.60. The Morgan fingerprint density at radius 3 is 2.94 bits per heavy atom. The molecular formula is C14H13ClO2. The van der Waals surface area contributed by atoms with Crippen molar-refractivity contribution in [1.29, 1.82) is 0 Å². The summed E-state index contributed by atoms with van der Waals surface area (Å²) < 4.78 is 10.8. The van der Waals surface area contributed by atoms with Gasteiger partial charge in [0.25, 0.3) is 0 Å². The first kappa shape index (κ1) is 10.7. The van der Waals surface area contributed by atoms with Crippen molar-refractivity contribution in [1.82, 2.24) is 0 Å². The second-order valence-corrected chi connectivity index (χ2v) is 4.70. The molecule has 88 valence electrons. The van der Waals surface area contributed by atoms with Crippen molar-refractivity contribution >= 4 is 11.6 Å². The molecule has 1 unspecified atom stereocenters. The fourth-order valence-electron chi connectivity index (χ4n) is 2.20. The number of hydrogen-bond acceptors (Lipinski definition) is 2. The van der Waals surface area contributed by atoms with Gasteiger partial charge < -0.3 is 9.15 Å². The fraction of sp³-hybridized carbons (Fsp3) is 0.286. The molecule has 0 bridgehead atoms. The second-order valence-electron chi connectivity index (χ2n) is 4.26. The molecule has 1 aromatic carbocycles. The molecule has 3 heteroatoms. The first-order chi connectivity index (χ1) is 8.25. The second kappa shape index (κ2) is 4.11. The molecule has 0 saturated heterocycles. The average molecular weight is 249 g/mol. The lowest BCUT2D eigenvalue weighted by molar-refractivity contribution is 0.357. The van der Waals surface area contributed by atoms with Gasteiger partial charge in [0, 0.05) is 12.0 Å². The van der Waals surface area contributed by atoms with E-state index in [1.807, 2.05) is 25.1 Å². The van der Waals surface area contributed by atoms with Crippen molar-refractivity contribution in [2.24, 2.45) is 0 Å². The minimum Gasteiger partial charge on any atom is -0.493 e. The summed E-state index contributed by atoms with van der Waals surface area (Å²) >= 11 is 6.48. The molecule has 1 aliphatic heterocycles. The van der Waals surface area contributed by atoms with E-state index in [0.717, 1.165) is 35.7 Å². The van der Waals surface area contributed by atoms with Crippen LogP contribution in [0.25, 0.3) is 0 Å². The Morgan fingerprint density at radius 1 is 1.29 bits per heavy atom. The SMILES string of the molecule is Cc1occc1C(Cl)c1ccc2c(c1)CCO2. The molecule has 2 aromatic rings. The highest BCUT2D eigenvalue weighted by Crippen LogP contribution is 2.35. The van der Waals surface area contributed by atoms with Gasteiger partial charge in [-0.05, 0) is 30.2 Å². The van der Waals surface area contributed by atoms with Crippen LogP contribution in [0.1, 0.15) is 27.8 Å². The highest BCUT2D eigenvalue weighted by molar-refractivity contribution is 6.22. The summed E-state index contributed by atoms with van der Waals surface area (Å²) in [5.74, 6) is 1.86. The number of fused-ring (bicyclic) bond motifs is 1. The summed E-state index contributed by atoms with van der Waals surface area (Å²) in [4.78, 5) is 0. The maximum Gasteiger partial charge on any atom is 0.122 e. The molecule has 2 heterocycles. The molecule has 0 saturated carbocycles. The van der Waals surface area contributed by atoms with Gasteiger partial charge in [-0.25, -0.2) is 0 Å². The van der Waals surface area contributed by atoms with Gasteiger partial charge in [0.2, 0.25) is 0 Å². The van der Waals surface area contributed by atoms with E-state index in [2.05, 4.69) is 6.07 Å². The summed E-state index contributed by atoms with van der Waals surface area (Å²) in [6.07, 6.45) is 2.65. The van der Waals surface area contributed by atoms with Gasteiger partial charge in [0.05, 0.1) is 18.2 Å². The van der Waals surface area contributed by atoms with Crippen molar-refractivity contribution in [3.63, 3.8) is 0 Å². The number of rotatable bonds is 2. The standard InChI is InChI=1S/C14H13ClO2/c1-9-12(5-7-16-9)14(15)11-2-3-13-10(8-11)4-6-17-13/h2-3,5,7-8,14H,4,6H2,1H3. The molecule has 0 amide bonds. The van der Waals surface area contributed by atoms with Crippen LogP contribution >= 0.6 is 11.6 Å². The van der Waals surface area contributed by atoms with Gasteiger partial charge in [-0.2, -0.15) is 0 Å². The monoisotopic (exact) mass is 248 g/mol. The third kappa shape index (κ3) is 1.83. The number of halogens is 1. The Labute approximate surface area is 105 Å². The Balaban J connectivity index is 1.97. The molecule has 2 nitrogen and oxygen atoms in total. The van der Waals surface area contributed by atoms with Gasteiger partial charge in [0.1, 0.15) is 11.5 Å². The van der Waals surface area contributed by atoms with Crippen molar-refractivity contribution in [2.75, 3.05) is 6.61 Å². The number of ether oxygens (including phenoxy) is 1. The number of benzene rings is 1. The largest absolute Gasteiger partial charge is 0.493 e. The van der Waals surface area contributed by atoms with E-state index in [1.165, 1.54) is 5.56 Å². The van der Waals surface area contributed by atoms with E-state index in [4.69, 9.17) is 20.8 Å². The number of aryl methyl sites for hydroxylation is 1. The predicted octanol–water partition coefficient (Wildman–Crippen LogP) is 3.85. The van der Waals surface area contributed by atoms with Gasteiger partial charge in [-0.3, -0.25) is 0 Å². The van der Waals surface area contributed by atoms with Crippen LogP contribution in [0.5, 0.6) is 5.75 Å². The van der Waals surface area contributed by atoms with Crippen molar-refractivity contribution in [2.45, 2.75) is 18.7 Å². The molecule has 0 spiro atoms. The van der Waals surface area contributed by atoms with Crippen LogP contribution in [0.15, 0.2) is 34.9 Å². The van der Waals surface area contributed by atoms with E-state index >= 15 is 0 Å². The number of hydrogen-bond donors (Lipinski definition) is 0. The van der Waals surface area contributed by atoms with Crippen LogP contribution in [-0.4, -0.2) is 6.61 Å². The van der Waals surface area contributed by atoms with E-state index < -0.39 is 0 Å². The van der Waals surface area contributed by atoms with E-state index in [-0.39, 0.29) is 5.38 Å². The Morgan fingerprint density at radius 2 is 2.18 bits per heavy atom. The Hall–Kier alpha value is -1.41. The first-order valence-electron chi connectivity index (χ1n) is 5.69. The zero-order valence-electron chi connectivity index (χ0n) is 9.57. The van der Waals surface area contributed by atoms with Crippen molar-refractivity contribution < 1.29 is 9.15 Å². The van der Waals surface area contributed by atoms with E-state index in [9.17, 15) is 0 Å². The lowest BCUT2D eigenvalue weighted by atomic mass is 10.0. The summed E-state index contributed by atoms with van der Waals surface area (Å²) in [5.41, 5.74) is 3.38. The minimum absolute atomic E-state index is 0.153. The maximum absolute atomic E-state index is 6.48. The fourth-order valence-corrected chi connectivity index (χ4v) is 2.56. The molecule has 0 fully saturated rings. The zero-order valence-corrected chi connectivity index (χ0v) is 10.3. The minimum atomic E-state index is -0.153. The quantitative estimate of drug-likeness (QED) is 0.754. The molecule has 1 atom stereocenters. The zero-order chi connectivity index (χ0) is 11.8. The van der Waals surface area contributed by atoms with Gasteiger partial charge in [-0.1, -0.05) is 12.1 Å². The topological polar surface area (TPSA) is 22.4 Å². The van der Waals surface area contributed by atoms with Crippen LogP contribution in [0, 0.1) is 6.92 Å². The smallest absolute Gasteiger partial charge is 0.122 e. The highest BCUT2D eigenvalue weighted by atomic mass is 35.5. The molecule has 0 N–H and O–H groups in total. The van der Waals surface area contributed by atoms with Crippen molar-refractivity contribution in [3.05, 3.63) is 53.0 Å². The average Bonchev–Trinajstić information content (AvgIpc) is 2.95. The van der Waals surface area contributed by atoms with Crippen LogP contribution < -0.4 is 4.74 Å². The molecule has 0 aliphatic carbocycles. The molecule has 1 aromatic heterocycles. The molecule has 1 aliphatic rings. The molecular weight excluding hydrogens is 236 g/mol. The lowest BCUT2D eigenvalue weighted by Crippen LogP contribution is -1.94. The summed E-state index contributed by atoms with van der Waals surface area (Å²) in [6.45, 7) is 2.71. The molecule has 17 heavy (non-hydrogen) atoms. The third-order valence-corrected chi connectivity index (χ3v) is 3.67. The van der Waals surface area contributed by atoms with Crippen LogP contribution in [0.3, 0.4) is 0 Å². The Bertz CT molecular complexity index is 545. The molecule has 0 radical (unpaired) electrons. The summed E-state index contributed by atoms with van der Waals surface area (Å²) in [6, 6.07) is 8.08. The molecule has 3 rings (SSSR count). The number of alkyl halides is 1. The van der Waals surface area contributed by atoms with Crippen LogP contribution in [0.4, 0.5) is 0 Å². The first-order valence-corrected chi connectivity index (χ1v) is 6.13. The highest BCUT2D eigenvalue weighted by Gasteiger charge is 2.18. The number of furan rings is 1. The van der Waals surface area contributed by atoms with Gasteiger partial charge in [-0.15, -0.1) is 11.6 Å². The predicted molar refractivity (Wildman–Crippen MR) is 66.8 cm³/mol. The normalized spacial score (nSPS) is 15.4. The summed E-state index contributed by atoms with van der Waals surface area (Å²) in [5, 5.41) is -0.153. The van der Waals surface area contributed by atoms with E-state index in [1.54, 1.807) is 6.26 Å². The van der Waals surface area contributed by atoms with Crippen LogP contribution in [-0.2, 0) is 6.42 Å². The van der Waals surface area contributed by atoms with Crippen molar-refractivity contribution in [3.8, 4) is 5.75 Å². The van der Waals surface area contributed by atoms with Gasteiger partial charge in [0.15, 0.2) is 0 Å². The van der Waals surface area contributed by atoms with Crippen LogP contribution in [0.2, 0.25) is 0 Å². The maximum atomic E-state index is 6.48. The lowest BCUT2D eigenvalue weighted by Gasteiger charge is -2.10. The van der Waals surface area contributed by atoms with E-state index in [0.29, 0.717) is 0 Å². The third-order valence-electron chi connectivity index (χ3n) is 3.18. The summed E-state index contributed by atoms with van der Waals surface area (Å²) in [7, 11) is 0.